The zero-order valence-electron chi connectivity index (χ0n) is 7.08. The number of nitrogens with one attached hydrogen (secondary N) is 1. The lowest BCUT2D eigenvalue weighted by atomic mass is 10.4. The highest BCUT2D eigenvalue weighted by Crippen LogP contribution is 2.06. The smallest absolute Gasteiger partial charge is 0.241 e. The van der Waals surface area contributed by atoms with Crippen molar-refractivity contribution in [1.29, 1.82) is 0 Å². The van der Waals surface area contributed by atoms with Crippen molar-refractivity contribution in [3.8, 4) is 0 Å². The van der Waals surface area contributed by atoms with Gasteiger partial charge in [0.25, 0.3) is 0 Å². The van der Waals surface area contributed by atoms with Gasteiger partial charge >= 0.3 is 0 Å². The lowest BCUT2D eigenvalue weighted by Crippen LogP contribution is -2.26. The quantitative estimate of drug-likeness (QED) is 0.727. The van der Waals surface area contributed by atoms with Gasteiger partial charge < -0.3 is 4.55 Å². The molecule has 1 aromatic rings. The first-order valence-corrected chi connectivity index (χ1v) is 6.40. The van der Waals surface area contributed by atoms with Crippen molar-refractivity contribution in [2.45, 2.75) is 4.90 Å². The van der Waals surface area contributed by atoms with Crippen molar-refractivity contribution in [3.05, 3.63) is 30.3 Å². The molecule has 0 fully saturated rings. The molecule has 0 radical (unpaired) electrons. The molecule has 0 aliphatic carbocycles. The second kappa shape index (κ2) is 4.65. The first-order chi connectivity index (χ1) is 6.52. The average Bonchev–Trinajstić information content (AvgIpc) is 2.16. The van der Waals surface area contributed by atoms with Crippen LogP contribution < -0.4 is 4.72 Å². The van der Waals surface area contributed by atoms with Crippen LogP contribution in [0.1, 0.15) is 0 Å². The summed E-state index contributed by atoms with van der Waals surface area (Å²) in [6, 6.07) is 7.64. The maximum atomic E-state index is 11.4. The minimum absolute atomic E-state index is 0.0745. The third-order valence-corrected chi connectivity index (χ3v) is 3.42. The summed E-state index contributed by atoms with van der Waals surface area (Å²) < 4.78 is 43.4. The van der Waals surface area contributed by atoms with Crippen molar-refractivity contribution in [1.82, 2.24) is 4.72 Å². The van der Waals surface area contributed by atoms with E-state index in [2.05, 4.69) is 0 Å². The lowest BCUT2D eigenvalue weighted by molar-refractivity contribution is 0.556. The standard InChI is InChI=1S/C7H9NO4S2/c9-13(10)6-8-14(11,12)7-4-2-1-3-5-7/h1-5,8H,6H2,(H,9,10). The number of hydrogen-bond donors (Lipinski definition) is 2. The normalized spacial score (nSPS) is 13.8. The Labute approximate surface area is 84.5 Å². The maximum Gasteiger partial charge on any atom is 0.241 e. The van der Waals surface area contributed by atoms with E-state index in [1.807, 2.05) is 4.72 Å². The minimum Gasteiger partial charge on any atom is -0.305 e. The second-order valence-electron chi connectivity index (χ2n) is 2.43. The van der Waals surface area contributed by atoms with Gasteiger partial charge in [0.05, 0.1) is 4.90 Å². The highest BCUT2D eigenvalue weighted by atomic mass is 32.2. The van der Waals surface area contributed by atoms with Crippen LogP contribution in [-0.2, 0) is 21.1 Å². The SMILES string of the molecule is O=S(O)CNS(=O)(=O)c1ccccc1. The summed E-state index contributed by atoms with van der Waals surface area (Å²) in [5, 5.41) is 0. The van der Waals surface area contributed by atoms with Crippen molar-refractivity contribution in [2.24, 2.45) is 0 Å². The van der Waals surface area contributed by atoms with Gasteiger partial charge in [-0.15, -0.1) is 0 Å². The fourth-order valence-electron chi connectivity index (χ4n) is 0.811. The van der Waals surface area contributed by atoms with E-state index in [1.54, 1.807) is 18.2 Å². The van der Waals surface area contributed by atoms with E-state index < -0.39 is 27.0 Å². The number of sulfonamides is 1. The van der Waals surface area contributed by atoms with Gasteiger partial charge in [-0.3, -0.25) is 0 Å². The van der Waals surface area contributed by atoms with Gasteiger partial charge in [0, 0.05) is 0 Å². The van der Waals surface area contributed by atoms with Crippen LogP contribution in [0.25, 0.3) is 0 Å². The molecule has 0 aliphatic heterocycles. The molecule has 0 amide bonds. The third kappa shape index (κ3) is 3.18. The van der Waals surface area contributed by atoms with Gasteiger partial charge in [-0.05, 0) is 12.1 Å². The van der Waals surface area contributed by atoms with Gasteiger partial charge in [0.2, 0.25) is 10.0 Å². The monoisotopic (exact) mass is 235 g/mol. The van der Waals surface area contributed by atoms with Crippen molar-refractivity contribution < 1.29 is 17.2 Å². The Kier molecular flexibility index (Phi) is 3.76. The predicted octanol–water partition coefficient (Wildman–Crippen LogP) is 0.144. The summed E-state index contributed by atoms with van der Waals surface area (Å²) in [6.45, 7) is 0. The van der Waals surface area contributed by atoms with Crippen molar-refractivity contribution in [3.63, 3.8) is 0 Å². The molecule has 0 heterocycles. The molecule has 0 saturated carbocycles. The second-order valence-corrected chi connectivity index (χ2v) is 5.13. The molecule has 14 heavy (non-hydrogen) atoms. The van der Waals surface area contributed by atoms with E-state index in [1.165, 1.54) is 12.1 Å². The van der Waals surface area contributed by atoms with Crippen LogP contribution >= 0.6 is 0 Å². The molecule has 1 atom stereocenters. The highest BCUT2D eigenvalue weighted by molar-refractivity contribution is 7.90. The molecule has 1 rings (SSSR count). The molecule has 2 N–H and O–H groups in total. The summed E-state index contributed by atoms with van der Waals surface area (Å²) in [5.41, 5.74) is 0. The Morgan fingerprint density at radius 1 is 1.29 bits per heavy atom. The summed E-state index contributed by atoms with van der Waals surface area (Å²) in [6.07, 6.45) is 0. The van der Waals surface area contributed by atoms with Crippen molar-refractivity contribution >= 4 is 21.1 Å². The molecule has 0 saturated heterocycles. The summed E-state index contributed by atoms with van der Waals surface area (Å²) in [4.78, 5) is 0.0745. The molecule has 0 spiro atoms. The zero-order valence-corrected chi connectivity index (χ0v) is 8.72. The Hall–Kier alpha value is -0.760. The van der Waals surface area contributed by atoms with E-state index in [4.69, 9.17) is 4.55 Å². The first-order valence-electron chi connectivity index (χ1n) is 3.64. The Balaban J connectivity index is 2.82. The molecule has 1 aromatic carbocycles. The van der Waals surface area contributed by atoms with Crippen molar-refractivity contribution in [2.75, 3.05) is 5.88 Å². The zero-order chi connectivity index (χ0) is 10.6. The summed E-state index contributed by atoms with van der Waals surface area (Å²) in [5.74, 6) is -0.503. The Morgan fingerprint density at radius 3 is 2.36 bits per heavy atom. The van der Waals surface area contributed by atoms with Crippen LogP contribution in [0.3, 0.4) is 0 Å². The molecule has 5 nitrogen and oxygen atoms in total. The molecular formula is C7H9NO4S2. The fourth-order valence-corrected chi connectivity index (χ4v) is 2.52. The van der Waals surface area contributed by atoms with Gasteiger partial charge in [0.1, 0.15) is 5.88 Å². The largest absolute Gasteiger partial charge is 0.305 e. The van der Waals surface area contributed by atoms with Crippen LogP contribution in [0, 0.1) is 0 Å². The van der Waals surface area contributed by atoms with Crippen LogP contribution in [-0.4, -0.2) is 23.1 Å². The van der Waals surface area contributed by atoms with Gasteiger partial charge in [-0.1, -0.05) is 18.2 Å². The Bertz CT molecular complexity index is 415. The van der Waals surface area contributed by atoms with Crippen LogP contribution in [0.15, 0.2) is 35.2 Å². The van der Waals surface area contributed by atoms with Gasteiger partial charge in [-0.2, -0.15) is 4.72 Å². The van der Waals surface area contributed by atoms with Gasteiger partial charge in [0.15, 0.2) is 11.1 Å². The van der Waals surface area contributed by atoms with Crippen LogP contribution in [0.4, 0.5) is 0 Å². The topological polar surface area (TPSA) is 83.5 Å². The maximum absolute atomic E-state index is 11.4. The van der Waals surface area contributed by atoms with Crippen LogP contribution in [0.2, 0.25) is 0 Å². The Morgan fingerprint density at radius 2 is 1.86 bits per heavy atom. The number of rotatable bonds is 4. The summed E-state index contributed by atoms with van der Waals surface area (Å²) >= 11 is -2.18. The van der Waals surface area contributed by atoms with E-state index in [0.29, 0.717) is 0 Å². The molecule has 7 heteroatoms. The summed E-state index contributed by atoms with van der Waals surface area (Å²) in [7, 11) is -3.66. The molecule has 78 valence electrons. The minimum atomic E-state index is -3.66. The predicted molar refractivity (Wildman–Crippen MR) is 52.4 cm³/mol. The molecular weight excluding hydrogens is 226 g/mol. The lowest BCUT2D eigenvalue weighted by Gasteiger charge is -2.03. The highest BCUT2D eigenvalue weighted by Gasteiger charge is 2.13. The fraction of sp³-hybridized carbons (Fsp3) is 0.143. The first kappa shape index (κ1) is 11.3. The van der Waals surface area contributed by atoms with E-state index in [-0.39, 0.29) is 4.90 Å². The number of hydrogen-bond acceptors (Lipinski definition) is 3. The number of benzene rings is 1. The van der Waals surface area contributed by atoms with E-state index in [9.17, 15) is 12.6 Å². The van der Waals surface area contributed by atoms with Gasteiger partial charge in [-0.25, -0.2) is 12.6 Å². The van der Waals surface area contributed by atoms with Crippen LogP contribution in [0.5, 0.6) is 0 Å². The molecule has 1 unspecified atom stereocenters. The molecule has 0 aromatic heterocycles. The third-order valence-electron chi connectivity index (χ3n) is 1.43. The molecule has 0 aliphatic rings. The molecule has 0 bridgehead atoms. The van der Waals surface area contributed by atoms with E-state index in [0.717, 1.165) is 0 Å². The van der Waals surface area contributed by atoms with E-state index >= 15 is 0 Å². The average molecular weight is 235 g/mol.